The number of carbonyl (C=O) groups is 2. The molecule has 0 bridgehead atoms. The Kier molecular flexibility index (Phi) is 7.00. The second-order valence-corrected chi connectivity index (χ2v) is 10.6. The molecule has 32 heavy (non-hydrogen) atoms. The smallest absolute Gasteiger partial charge is 0.254 e. The van der Waals surface area contributed by atoms with Gasteiger partial charge in [-0.2, -0.15) is 0 Å². The van der Waals surface area contributed by atoms with E-state index in [1.54, 1.807) is 20.8 Å². The van der Waals surface area contributed by atoms with E-state index in [9.17, 15) is 22.4 Å². The van der Waals surface area contributed by atoms with Crippen molar-refractivity contribution >= 4 is 27.5 Å². The Bertz CT molecular complexity index is 1080. The van der Waals surface area contributed by atoms with Gasteiger partial charge in [-0.1, -0.05) is 0 Å². The molecule has 0 saturated carbocycles. The highest BCUT2D eigenvalue weighted by Gasteiger charge is 2.32. The predicted molar refractivity (Wildman–Crippen MR) is 120 cm³/mol. The van der Waals surface area contributed by atoms with Gasteiger partial charge < -0.3 is 10.2 Å². The minimum absolute atomic E-state index is 0.0937. The number of anilines is 1. The molecule has 1 aliphatic heterocycles. The van der Waals surface area contributed by atoms with Crippen molar-refractivity contribution in [3.05, 3.63) is 59.9 Å². The zero-order valence-corrected chi connectivity index (χ0v) is 19.2. The summed E-state index contributed by atoms with van der Waals surface area (Å²) >= 11 is 0. The summed E-state index contributed by atoms with van der Waals surface area (Å²) in [4.78, 5) is 27.4. The van der Waals surface area contributed by atoms with Crippen LogP contribution in [0.15, 0.2) is 53.4 Å². The molecule has 2 aromatic rings. The van der Waals surface area contributed by atoms with E-state index in [2.05, 4.69) is 10.0 Å². The lowest BCUT2D eigenvalue weighted by molar-refractivity contribution is -0.121. The molecule has 0 radical (unpaired) electrons. The summed E-state index contributed by atoms with van der Waals surface area (Å²) in [5, 5.41) is 2.78. The van der Waals surface area contributed by atoms with E-state index in [4.69, 9.17) is 0 Å². The Morgan fingerprint density at radius 1 is 1.00 bits per heavy atom. The van der Waals surface area contributed by atoms with Gasteiger partial charge in [-0.05, 0) is 88.6 Å². The van der Waals surface area contributed by atoms with Crippen LogP contribution in [0.1, 0.15) is 50.4 Å². The molecule has 172 valence electrons. The van der Waals surface area contributed by atoms with Gasteiger partial charge >= 0.3 is 0 Å². The van der Waals surface area contributed by atoms with Crippen LogP contribution in [-0.4, -0.2) is 43.3 Å². The van der Waals surface area contributed by atoms with Crippen LogP contribution in [-0.2, 0) is 14.8 Å². The molecule has 0 aliphatic carbocycles. The van der Waals surface area contributed by atoms with Gasteiger partial charge in [0.15, 0.2) is 0 Å². The molecule has 1 unspecified atom stereocenters. The first-order chi connectivity index (χ1) is 15.0. The number of halogens is 1. The van der Waals surface area contributed by atoms with Gasteiger partial charge in [0, 0.05) is 23.3 Å². The number of benzene rings is 2. The largest absolute Gasteiger partial charge is 0.327 e. The molecule has 0 spiro atoms. The number of hydrogen-bond acceptors (Lipinski definition) is 4. The van der Waals surface area contributed by atoms with Gasteiger partial charge in [0.1, 0.15) is 11.9 Å². The fourth-order valence-corrected chi connectivity index (χ4v) is 5.03. The van der Waals surface area contributed by atoms with E-state index in [-0.39, 0.29) is 16.7 Å². The summed E-state index contributed by atoms with van der Waals surface area (Å²) in [7, 11) is -3.68. The predicted octanol–water partition coefficient (Wildman–Crippen LogP) is 3.54. The Hall–Kier alpha value is -2.78. The third kappa shape index (κ3) is 5.92. The first-order valence-corrected chi connectivity index (χ1v) is 12.0. The third-order valence-electron chi connectivity index (χ3n) is 5.03. The number of piperidine rings is 1. The van der Waals surface area contributed by atoms with Crippen LogP contribution in [0.4, 0.5) is 10.1 Å². The number of rotatable bonds is 5. The van der Waals surface area contributed by atoms with Crippen LogP contribution >= 0.6 is 0 Å². The van der Waals surface area contributed by atoms with E-state index in [1.807, 2.05) is 0 Å². The summed E-state index contributed by atoms with van der Waals surface area (Å²) in [5.74, 6) is -1.10. The molecule has 2 aromatic carbocycles. The molecule has 7 nitrogen and oxygen atoms in total. The van der Waals surface area contributed by atoms with Crippen molar-refractivity contribution in [1.82, 2.24) is 9.62 Å². The van der Waals surface area contributed by atoms with Crippen molar-refractivity contribution in [2.45, 2.75) is 56.5 Å². The number of carbonyl (C=O) groups excluding carboxylic acids is 2. The van der Waals surface area contributed by atoms with Crippen molar-refractivity contribution in [2.75, 3.05) is 11.9 Å². The molecule has 2 N–H and O–H groups in total. The van der Waals surface area contributed by atoms with Gasteiger partial charge in [-0.15, -0.1) is 0 Å². The van der Waals surface area contributed by atoms with Gasteiger partial charge in [0.2, 0.25) is 15.9 Å². The van der Waals surface area contributed by atoms with Crippen LogP contribution in [0.5, 0.6) is 0 Å². The van der Waals surface area contributed by atoms with Crippen LogP contribution in [0.25, 0.3) is 0 Å². The van der Waals surface area contributed by atoms with E-state index in [0.717, 1.165) is 12.8 Å². The van der Waals surface area contributed by atoms with E-state index >= 15 is 0 Å². The minimum Gasteiger partial charge on any atom is -0.327 e. The Morgan fingerprint density at radius 3 is 2.22 bits per heavy atom. The SMILES string of the molecule is CC(C)(C)NS(=O)(=O)c1ccc(NC(=O)C2CCCCN2C(=O)c2ccc(F)cc2)cc1. The normalized spacial score (nSPS) is 17.1. The lowest BCUT2D eigenvalue weighted by Crippen LogP contribution is -2.50. The zero-order valence-electron chi connectivity index (χ0n) is 18.4. The van der Waals surface area contributed by atoms with Crippen LogP contribution < -0.4 is 10.0 Å². The maximum absolute atomic E-state index is 13.2. The summed E-state index contributed by atoms with van der Waals surface area (Å²) < 4.78 is 40.6. The van der Waals surface area contributed by atoms with Crippen molar-refractivity contribution in [1.29, 1.82) is 0 Å². The fraction of sp³-hybridized carbons (Fsp3) is 0.391. The molecule has 1 atom stereocenters. The maximum Gasteiger partial charge on any atom is 0.254 e. The highest BCUT2D eigenvalue weighted by molar-refractivity contribution is 7.89. The molecule has 9 heteroatoms. The molecule has 0 aromatic heterocycles. The second kappa shape index (κ2) is 9.38. The highest BCUT2D eigenvalue weighted by atomic mass is 32.2. The van der Waals surface area contributed by atoms with Gasteiger partial charge in [-0.25, -0.2) is 17.5 Å². The number of nitrogens with zero attached hydrogens (tertiary/aromatic N) is 1. The van der Waals surface area contributed by atoms with Crippen molar-refractivity contribution in [2.24, 2.45) is 0 Å². The molecule has 1 heterocycles. The maximum atomic E-state index is 13.2. The van der Waals surface area contributed by atoms with E-state index < -0.39 is 27.4 Å². The van der Waals surface area contributed by atoms with Crippen molar-refractivity contribution in [3.8, 4) is 0 Å². The Balaban J connectivity index is 1.72. The lowest BCUT2D eigenvalue weighted by Gasteiger charge is -2.34. The number of nitrogens with one attached hydrogen (secondary N) is 2. The topological polar surface area (TPSA) is 95.6 Å². The molecule has 1 aliphatic rings. The van der Waals surface area contributed by atoms with E-state index in [1.165, 1.54) is 53.4 Å². The number of likely N-dealkylation sites (tertiary alicyclic amines) is 1. The molecule has 3 rings (SSSR count). The van der Waals surface area contributed by atoms with Crippen LogP contribution in [0.3, 0.4) is 0 Å². The summed E-state index contributed by atoms with van der Waals surface area (Å²) in [5.41, 5.74) is 0.143. The van der Waals surface area contributed by atoms with Crippen molar-refractivity contribution < 1.29 is 22.4 Å². The third-order valence-corrected chi connectivity index (χ3v) is 6.80. The molecule has 2 amide bonds. The highest BCUT2D eigenvalue weighted by Crippen LogP contribution is 2.22. The average molecular weight is 462 g/mol. The Labute approximate surface area is 188 Å². The molecular formula is C23H28FN3O4S. The lowest BCUT2D eigenvalue weighted by atomic mass is 10.00. The summed E-state index contributed by atoms with van der Waals surface area (Å²) in [6.45, 7) is 5.69. The second-order valence-electron chi connectivity index (χ2n) is 8.89. The van der Waals surface area contributed by atoms with E-state index in [0.29, 0.717) is 24.2 Å². The summed E-state index contributed by atoms with van der Waals surface area (Å²) in [6.07, 6.45) is 2.10. The monoisotopic (exact) mass is 461 g/mol. The number of hydrogen-bond donors (Lipinski definition) is 2. The first-order valence-electron chi connectivity index (χ1n) is 10.5. The molecular weight excluding hydrogens is 433 g/mol. The molecule has 1 saturated heterocycles. The van der Waals surface area contributed by atoms with Gasteiger partial charge in [0.05, 0.1) is 4.90 Å². The first kappa shape index (κ1) is 23.9. The minimum atomic E-state index is -3.68. The van der Waals surface area contributed by atoms with Crippen LogP contribution in [0.2, 0.25) is 0 Å². The van der Waals surface area contributed by atoms with Gasteiger partial charge in [-0.3, -0.25) is 9.59 Å². The zero-order chi connectivity index (χ0) is 23.5. The van der Waals surface area contributed by atoms with Gasteiger partial charge in [0.25, 0.3) is 5.91 Å². The molecule has 1 fully saturated rings. The average Bonchev–Trinajstić information content (AvgIpc) is 2.72. The summed E-state index contributed by atoms with van der Waals surface area (Å²) in [6, 6.07) is 10.5. The number of sulfonamides is 1. The quantitative estimate of drug-likeness (QED) is 0.712. The standard InChI is InChI=1S/C23H28FN3O4S/c1-23(2,3)26-32(30,31)19-13-11-18(12-14-19)25-21(28)20-6-4-5-15-27(20)22(29)16-7-9-17(24)10-8-16/h7-14,20,26H,4-6,15H2,1-3H3,(H,25,28). The number of amides is 2. The fourth-order valence-electron chi connectivity index (χ4n) is 3.61. The Morgan fingerprint density at radius 2 is 1.62 bits per heavy atom. The van der Waals surface area contributed by atoms with Crippen LogP contribution in [0, 0.1) is 5.82 Å². The van der Waals surface area contributed by atoms with Crippen molar-refractivity contribution in [3.63, 3.8) is 0 Å².